The van der Waals surface area contributed by atoms with Gasteiger partial charge in [-0.3, -0.25) is 9.48 Å². The van der Waals surface area contributed by atoms with Gasteiger partial charge in [-0.2, -0.15) is 5.10 Å². The van der Waals surface area contributed by atoms with Crippen LogP contribution in [0.5, 0.6) is 0 Å². The predicted octanol–water partition coefficient (Wildman–Crippen LogP) is 1.30. The summed E-state index contributed by atoms with van der Waals surface area (Å²) in [7, 11) is 0. The molecule has 8 heteroatoms. The second kappa shape index (κ2) is 5.81. The minimum Gasteiger partial charge on any atom is -0.481 e. The van der Waals surface area contributed by atoms with Gasteiger partial charge < -0.3 is 14.7 Å². The van der Waals surface area contributed by atoms with Crippen molar-refractivity contribution in [1.82, 2.24) is 14.7 Å². The number of hydrogen-bond acceptors (Lipinski definition) is 4. The van der Waals surface area contributed by atoms with Crippen LogP contribution < -0.4 is 0 Å². The fraction of sp³-hybridized carbons (Fsp3) is 0.417. The van der Waals surface area contributed by atoms with Gasteiger partial charge in [0.1, 0.15) is 12.1 Å². The van der Waals surface area contributed by atoms with Crippen LogP contribution in [0.2, 0.25) is 0 Å². The zero-order chi connectivity index (χ0) is 14.8. The van der Waals surface area contributed by atoms with Crippen LogP contribution in [0.1, 0.15) is 6.42 Å². The molecule has 0 atom stereocenters. The molecule has 1 amide bonds. The van der Waals surface area contributed by atoms with Gasteiger partial charge in [-0.1, -0.05) is 12.7 Å². The summed E-state index contributed by atoms with van der Waals surface area (Å²) >= 11 is 2.10. The summed E-state index contributed by atoms with van der Waals surface area (Å²) in [4.78, 5) is 24.2. The Kier molecular flexibility index (Phi) is 4.31. The third kappa shape index (κ3) is 2.94. The first kappa shape index (κ1) is 14.8. The number of carboxylic acids is 1. The lowest BCUT2D eigenvalue weighted by Crippen LogP contribution is -2.65. The van der Waals surface area contributed by atoms with Crippen molar-refractivity contribution in [3.63, 3.8) is 0 Å². The number of halogens is 1. The van der Waals surface area contributed by atoms with E-state index in [2.05, 4.69) is 34.3 Å². The molecule has 2 rings (SSSR count). The number of ether oxygens (including phenoxy) is 1. The molecule has 1 fully saturated rings. The van der Waals surface area contributed by atoms with Crippen molar-refractivity contribution in [2.75, 3.05) is 19.7 Å². The van der Waals surface area contributed by atoms with Crippen LogP contribution in [-0.4, -0.2) is 51.5 Å². The Hall–Kier alpha value is -1.58. The number of likely N-dealkylation sites (tertiary alicyclic amines) is 1. The summed E-state index contributed by atoms with van der Waals surface area (Å²) < 4.78 is 7.47. The first-order valence-electron chi connectivity index (χ1n) is 5.92. The van der Waals surface area contributed by atoms with Gasteiger partial charge in [0, 0.05) is 6.20 Å². The average molecular weight is 391 g/mol. The monoisotopic (exact) mass is 391 g/mol. The lowest BCUT2D eigenvalue weighted by Gasteiger charge is -2.48. The van der Waals surface area contributed by atoms with Gasteiger partial charge in [0.05, 0.1) is 29.3 Å². The fourth-order valence-corrected chi connectivity index (χ4v) is 2.58. The molecule has 1 N–H and O–H groups in total. The highest BCUT2D eigenvalue weighted by Crippen LogP contribution is 2.33. The number of rotatable bonds is 5. The first-order chi connectivity index (χ1) is 9.47. The third-order valence-corrected chi connectivity index (χ3v) is 3.63. The summed E-state index contributed by atoms with van der Waals surface area (Å²) in [5.41, 5.74) is -0.692. The molecule has 0 bridgehead atoms. The normalized spacial score (nSPS) is 16.4. The second-order valence-electron chi connectivity index (χ2n) is 4.62. The number of carboxylic acid groups (broad SMARTS) is 1. The zero-order valence-corrected chi connectivity index (χ0v) is 12.8. The van der Waals surface area contributed by atoms with Gasteiger partial charge in [0.25, 0.3) is 0 Å². The van der Waals surface area contributed by atoms with E-state index < -0.39 is 17.6 Å². The molecule has 0 radical (unpaired) electrons. The van der Waals surface area contributed by atoms with Gasteiger partial charge in [0.15, 0.2) is 0 Å². The van der Waals surface area contributed by atoms with Crippen molar-refractivity contribution in [2.45, 2.75) is 12.0 Å². The molecule has 0 aromatic carbocycles. The van der Waals surface area contributed by atoms with Crippen molar-refractivity contribution >= 4 is 34.7 Å². The minimum absolute atomic E-state index is 0.0873. The van der Waals surface area contributed by atoms with Gasteiger partial charge >= 0.3 is 12.1 Å². The van der Waals surface area contributed by atoms with Crippen LogP contribution in [0.4, 0.5) is 4.79 Å². The minimum atomic E-state index is -0.922. The molecule has 1 aromatic rings. The van der Waals surface area contributed by atoms with E-state index in [1.165, 1.54) is 11.0 Å². The topological polar surface area (TPSA) is 84.7 Å². The summed E-state index contributed by atoms with van der Waals surface area (Å²) in [5, 5.41) is 13.2. The van der Waals surface area contributed by atoms with E-state index in [1.54, 1.807) is 17.1 Å². The Morgan fingerprint density at radius 3 is 2.80 bits per heavy atom. The van der Waals surface area contributed by atoms with Crippen LogP contribution in [-0.2, 0) is 15.1 Å². The van der Waals surface area contributed by atoms with E-state index in [4.69, 9.17) is 9.84 Å². The highest BCUT2D eigenvalue weighted by atomic mass is 127. The van der Waals surface area contributed by atoms with Crippen LogP contribution in [0, 0.1) is 3.57 Å². The Labute approximate surface area is 129 Å². The summed E-state index contributed by atoms with van der Waals surface area (Å²) in [6.07, 6.45) is 4.36. The lowest BCUT2D eigenvalue weighted by atomic mass is 9.86. The highest BCUT2D eigenvalue weighted by Gasteiger charge is 2.49. The van der Waals surface area contributed by atoms with E-state index in [0.29, 0.717) is 0 Å². The molecule has 1 aliphatic rings. The second-order valence-corrected chi connectivity index (χ2v) is 5.87. The molecule has 0 aliphatic carbocycles. The molecule has 1 saturated heterocycles. The first-order valence-corrected chi connectivity index (χ1v) is 7.00. The average Bonchev–Trinajstić information content (AvgIpc) is 2.76. The Bertz CT molecular complexity index is 537. The molecule has 20 heavy (non-hydrogen) atoms. The maximum absolute atomic E-state index is 11.7. The standard InChI is InChI=1S/C12H14IN3O4/c1-2-3-20-11(19)15-7-12(8-15,4-10(17)18)16-6-9(13)5-14-16/h2,5-6H,1,3-4,7-8H2,(H,17,18). The number of carbonyl (C=O) groups is 2. The summed E-state index contributed by atoms with van der Waals surface area (Å²) in [6, 6.07) is 0. The summed E-state index contributed by atoms with van der Waals surface area (Å²) in [6.45, 7) is 4.15. The third-order valence-electron chi connectivity index (χ3n) is 3.07. The van der Waals surface area contributed by atoms with Crippen molar-refractivity contribution in [3.05, 3.63) is 28.6 Å². The highest BCUT2D eigenvalue weighted by molar-refractivity contribution is 14.1. The van der Waals surface area contributed by atoms with Crippen molar-refractivity contribution in [1.29, 1.82) is 0 Å². The van der Waals surface area contributed by atoms with Crippen LogP contribution >= 0.6 is 22.6 Å². The Morgan fingerprint density at radius 2 is 2.30 bits per heavy atom. The van der Waals surface area contributed by atoms with Crippen molar-refractivity contribution in [2.24, 2.45) is 0 Å². The van der Waals surface area contributed by atoms with E-state index in [-0.39, 0.29) is 26.1 Å². The zero-order valence-electron chi connectivity index (χ0n) is 10.7. The van der Waals surface area contributed by atoms with Crippen LogP contribution in [0.15, 0.2) is 25.0 Å². The lowest BCUT2D eigenvalue weighted by molar-refractivity contribution is -0.142. The molecular formula is C12H14IN3O4. The summed E-state index contributed by atoms with van der Waals surface area (Å²) in [5.74, 6) is -0.922. The molecule has 0 unspecified atom stereocenters. The molecule has 0 spiro atoms. The molecular weight excluding hydrogens is 377 g/mol. The molecule has 7 nitrogen and oxygen atoms in total. The smallest absolute Gasteiger partial charge is 0.410 e. The maximum atomic E-state index is 11.7. The van der Waals surface area contributed by atoms with Gasteiger partial charge in [-0.05, 0) is 22.6 Å². The molecule has 0 saturated carbocycles. The van der Waals surface area contributed by atoms with Gasteiger partial charge in [-0.15, -0.1) is 0 Å². The Balaban J connectivity index is 2.08. The van der Waals surface area contributed by atoms with E-state index in [1.807, 2.05) is 0 Å². The number of aromatic nitrogens is 2. The molecule has 108 valence electrons. The van der Waals surface area contributed by atoms with Crippen LogP contribution in [0.3, 0.4) is 0 Å². The van der Waals surface area contributed by atoms with Crippen LogP contribution in [0.25, 0.3) is 0 Å². The van der Waals surface area contributed by atoms with E-state index in [0.717, 1.165) is 3.57 Å². The quantitative estimate of drug-likeness (QED) is 0.604. The number of nitrogens with zero attached hydrogens (tertiary/aromatic N) is 3. The number of hydrogen-bond donors (Lipinski definition) is 1. The Morgan fingerprint density at radius 1 is 1.60 bits per heavy atom. The fourth-order valence-electron chi connectivity index (χ4n) is 2.19. The van der Waals surface area contributed by atoms with E-state index in [9.17, 15) is 9.59 Å². The number of aliphatic carboxylic acids is 1. The SMILES string of the molecule is C=CCOC(=O)N1CC(CC(=O)O)(n2cc(I)cn2)C1. The maximum Gasteiger partial charge on any atom is 0.410 e. The molecule has 2 heterocycles. The molecule has 1 aromatic heterocycles. The van der Waals surface area contributed by atoms with E-state index >= 15 is 0 Å². The van der Waals surface area contributed by atoms with Crippen molar-refractivity contribution < 1.29 is 19.4 Å². The number of amides is 1. The van der Waals surface area contributed by atoms with Gasteiger partial charge in [-0.25, -0.2) is 4.79 Å². The predicted molar refractivity (Wildman–Crippen MR) is 78.3 cm³/mol. The van der Waals surface area contributed by atoms with Gasteiger partial charge in [0.2, 0.25) is 0 Å². The number of carbonyl (C=O) groups excluding carboxylic acids is 1. The largest absolute Gasteiger partial charge is 0.481 e. The van der Waals surface area contributed by atoms with Crippen molar-refractivity contribution in [3.8, 4) is 0 Å². The molecule has 1 aliphatic heterocycles.